The topological polar surface area (TPSA) is 12.0 Å². The van der Waals surface area contributed by atoms with Gasteiger partial charge in [-0.15, -0.1) is 0 Å². The molecule has 0 unspecified atom stereocenters. The Hall–Kier alpha value is -0.0900. The van der Waals surface area contributed by atoms with E-state index >= 15 is 0 Å². The van der Waals surface area contributed by atoms with Crippen molar-refractivity contribution in [3.05, 3.63) is 35.9 Å². The Morgan fingerprint density at radius 3 is 2.45 bits per heavy atom. The van der Waals surface area contributed by atoms with E-state index in [4.69, 9.17) is 0 Å². The summed E-state index contributed by atoms with van der Waals surface area (Å²) in [5, 5.41) is 0. The van der Waals surface area contributed by atoms with Gasteiger partial charge >= 0.3 is 75.9 Å². The second-order valence-electron chi connectivity index (χ2n) is 2.40. The van der Waals surface area contributed by atoms with Gasteiger partial charge in [-0.25, -0.2) is 0 Å². The summed E-state index contributed by atoms with van der Waals surface area (Å²) in [5.41, 5.74) is 1.47. The maximum absolute atomic E-state index is 3.37. The predicted molar refractivity (Wildman–Crippen MR) is 59.1 cm³/mol. The van der Waals surface area contributed by atoms with E-state index in [0.29, 0.717) is 0 Å². The molecule has 1 N–H and O–H groups in total. The van der Waals surface area contributed by atoms with Crippen molar-refractivity contribution in [1.29, 1.82) is 0 Å². The molecule has 2 heteroatoms. The Labute approximate surface area is 75.9 Å². The average molecular weight is 263 g/mol. The fourth-order valence-corrected chi connectivity index (χ4v) is 3.08. The van der Waals surface area contributed by atoms with Crippen molar-refractivity contribution in [2.45, 2.75) is 4.43 Å². The first-order valence-corrected chi connectivity index (χ1v) is 8.36. The number of hydrogen-bond donors (Lipinski definition) is 1. The molecule has 0 aliphatic heterocycles. The predicted octanol–water partition coefficient (Wildman–Crippen LogP) is 2.46. The second kappa shape index (κ2) is 4.72. The monoisotopic (exact) mass is 263 g/mol. The number of rotatable bonds is 3. The van der Waals surface area contributed by atoms with Gasteiger partial charge in [-0.2, -0.15) is 0 Å². The van der Waals surface area contributed by atoms with Crippen molar-refractivity contribution < 1.29 is 0 Å². The molecule has 1 aromatic rings. The Morgan fingerprint density at radius 1 is 1.27 bits per heavy atom. The van der Waals surface area contributed by atoms with Gasteiger partial charge in [-0.05, 0) is 0 Å². The molecule has 0 aromatic heterocycles. The van der Waals surface area contributed by atoms with Gasteiger partial charge in [-0.3, -0.25) is 0 Å². The van der Waals surface area contributed by atoms with Crippen molar-refractivity contribution in [2.75, 3.05) is 12.0 Å². The number of nitrogens with one attached hydrogen (secondary N) is 1. The quantitative estimate of drug-likeness (QED) is 0.502. The maximum atomic E-state index is 3.37. The number of benzene rings is 1. The van der Waals surface area contributed by atoms with Gasteiger partial charge in [0.05, 0.1) is 0 Å². The molecule has 0 atom stereocenters. The first kappa shape index (κ1) is 9.00. The van der Waals surface area contributed by atoms with Gasteiger partial charge in [0.25, 0.3) is 0 Å². The van der Waals surface area contributed by atoms with Crippen molar-refractivity contribution in [3.8, 4) is 0 Å². The number of halogens is 1. The van der Waals surface area contributed by atoms with Gasteiger partial charge in [0.2, 0.25) is 0 Å². The summed E-state index contributed by atoms with van der Waals surface area (Å²) in [6.45, 7) is 0. The summed E-state index contributed by atoms with van der Waals surface area (Å²) in [6.07, 6.45) is 0. The normalized spacial score (nSPS) is 11.3. The molecule has 0 aliphatic carbocycles. The van der Waals surface area contributed by atoms with Crippen LogP contribution in [0.5, 0.6) is 0 Å². The molecule has 11 heavy (non-hydrogen) atoms. The van der Waals surface area contributed by atoms with Crippen molar-refractivity contribution in [2.24, 2.45) is 0 Å². The minimum absolute atomic E-state index is 0.815. The Bertz CT molecular complexity index is 198. The molecule has 0 spiro atoms. The summed E-state index contributed by atoms with van der Waals surface area (Å²) >= 11 is -0.815. The van der Waals surface area contributed by atoms with Crippen LogP contribution in [0, 0.1) is 0 Å². The molecule has 1 rings (SSSR count). The molecule has 0 bridgehead atoms. The van der Waals surface area contributed by atoms with Crippen LogP contribution in [0.25, 0.3) is 0 Å². The molecular weight excluding hydrogens is 249 g/mol. The van der Waals surface area contributed by atoms with Crippen LogP contribution in [-0.2, 0) is 4.43 Å². The van der Waals surface area contributed by atoms with Crippen molar-refractivity contribution >= 4 is 20.1 Å². The zero-order valence-corrected chi connectivity index (χ0v) is 9.13. The summed E-state index contributed by atoms with van der Waals surface area (Å²) < 4.78 is 4.64. The summed E-state index contributed by atoms with van der Waals surface area (Å²) in [7, 11) is 2.06. The standard InChI is InChI=1S/C9H14IN/c1-10(11-2)8-9-6-4-3-5-7-9/h3-7,11H,8H2,1-2H3. The van der Waals surface area contributed by atoms with E-state index in [2.05, 4.69) is 45.8 Å². The SMILES string of the molecule is CNI(C)Cc1ccccc1. The van der Waals surface area contributed by atoms with Crippen LogP contribution in [-0.4, -0.2) is 12.0 Å². The molecule has 0 saturated heterocycles. The fraction of sp³-hybridized carbons (Fsp3) is 0.333. The third kappa shape index (κ3) is 3.20. The molecular formula is C9H14IN. The van der Waals surface area contributed by atoms with Crippen LogP contribution in [0.4, 0.5) is 0 Å². The van der Waals surface area contributed by atoms with Crippen LogP contribution < -0.4 is 3.53 Å². The molecule has 62 valence electrons. The van der Waals surface area contributed by atoms with Gasteiger partial charge < -0.3 is 0 Å². The Morgan fingerprint density at radius 2 is 1.91 bits per heavy atom. The molecule has 0 heterocycles. The van der Waals surface area contributed by atoms with Gasteiger partial charge in [0.1, 0.15) is 0 Å². The minimum atomic E-state index is -0.815. The first-order valence-electron chi connectivity index (χ1n) is 3.60. The van der Waals surface area contributed by atoms with E-state index < -0.39 is 20.1 Å². The van der Waals surface area contributed by atoms with Crippen LogP contribution in [0.15, 0.2) is 30.3 Å². The van der Waals surface area contributed by atoms with Crippen LogP contribution in [0.2, 0.25) is 0 Å². The second-order valence-corrected chi connectivity index (χ2v) is 7.61. The molecule has 0 amide bonds. The molecule has 0 aliphatic rings. The zero-order valence-electron chi connectivity index (χ0n) is 6.97. The van der Waals surface area contributed by atoms with Gasteiger partial charge in [-0.1, -0.05) is 0 Å². The summed E-state index contributed by atoms with van der Waals surface area (Å²) in [4.78, 5) is 2.34. The zero-order chi connectivity index (χ0) is 8.10. The number of hydrogen-bond acceptors (Lipinski definition) is 1. The molecule has 0 fully saturated rings. The third-order valence-electron chi connectivity index (χ3n) is 1.52. The first-order chi connectivity index (χ1) is 5.33. The van der Waals surface area contributed by atoms with Crippen LogP contribution >= 0.6 is 20.1 Å². The van der Waals surface area contributed by atoms with E-state index in [1.807, 2.05) is 0 Å². The number of alkyl halides is 2. The molecule has 0 saturated carbocycles. The Balaban J connectivity index is 2.51. The van der Waals surface area contributed by atoms with E-state index in [1.54, 1.807) is 0 Å². The summed E-state index contributed by atoms with van der Waals surface area (Å²) in [5.74, 6) is 0. The van der Waals surface area contributed by atoms with Crippen LogP contribution in [0.3, 0.4) is 0 Å². The van der Waals surface area contributed by atoms with Crippen molar-refractivity contribution in [3.63, 3.8) is 0 Å². The van der Waals surface area contributed by atoms with E-state index in [1.165, 1.54) is 9.99 Å². The van der Waals surface area contributed by atoms with E-state index in [0.717, 1.165) is 0 Å². The summed E-state index contributed by atoms with van der Waals surface area (Å²) in [6, 6.07) is 10.7. The average Bonchev–Trinajstić information content (AvgIpc) is 2.06. The fourth-order valence-electron chi connectivity index (χ4n) is 0.865. The van der Waals surface area contributed by atoms with E-state index in [9.17, 15) is 0 Å². The third-order valence-corrected chi connectivity index (χ3v) is 5.39. The Kier molecular flexibility index (Phi) is 3.86. The van der Waals surface area contributed by atoms with Gasteiger partial charge in [0.15, 0.2) is 0 Å². The van der Waals surface area contributed by atoms with Crippen LogP contribution in [0.1, 0.15) is 5.56 Å². The molecule has 0 radical (unpaired) electrons. The van der Waals surface area contributed by atoms with Gasteiger partial charge in [0, 0.05) is 0 Å². The molecule has 1 nitrogen and oxygen atoms in total. The van der Waals surface area contributed by atoms with Crippen molar-refractivity contribution in [1.82, 2.24) is 3.53 Å². The van der Waals surface area contributed by atoms with E-state index in [-0.39, 0.29) is 0 Å². The molecule has 1 aromatic carbocycles.